The van der Waals surface area contributed by atoms with Crippen LogP contribution in [0.25, 0.3) is 22.6 Å². The topological polar surface area (TPSA) is 67.2 Å². The first-order chi connectivity index (χ1) is 12.6. The summed E-state index contributed by atoms with van der Waals surface area (Å²) in [4.78, 5) is 16.1. The Balaban J connectivity index is 1.80. The van der Waals surface area contributed by atoms with Crippen molar-refractivity contribution in [2.45, 2.75) is 17.6 Å². The zero-order valence-electron chi connectivity index (χ0n) is 14.3. The van der Waals surface area contributed by atoms with Crippen LogP contribution in [-0.4, -0.2) is 19.8 Å². The molecule has 0 aliphatic carbocycles. The van der Waals surface area contributed by atoms with E-state index < -0.39 is 9.70 Å². The minimum atomic E-state index is -2.09. The van der Waals surface area contributed by atoms with Gasteiger partial charge in [0, 0.05) is 11.3 Å². The number of anilines is 1. The number of fused-ring (bicyclic) bond motifs is 1. The number of aryl methyl sites for hydroxylation is 2. The van der Waals surface area contributed by atoms with Crippen molar-refractivity contribution in [1.82, 2.24) is 10.3 Å². The molecule has 0 unspecified atom stereocenters. The Labute approximate surface area is 176 Å². The molecule has 0 saturated heterocycles. The Morgan fingerprint density at radius 1 is 1.11 bits per heavy atom. The van der Waals surface area contributed by atoms with Gasteiger partial charge in [0.15, 0.2) is 10.7 Å². The van der Waals surface area contributed by atoms with Crippen LogP contribution < -0.4 is 10.6 Å². The zero-order chi connectivity index (χ0) is 19.8. The van der Waals surface area contributed by atoms with E-state index in [0.29, 0.717) is 22.7 Å². The molecule has 0 spiro atoms. The van der Waals surface area contributed by atoms with Crippen LogP contribution in [-0.2, 0) is 4.79 Å². The second-order valence-corrected chi connectivity index (χ2v) is 8.60. The molecule has 27 heavy (non-hydrogen) atoms. The van der Waals surface area contributed by atoms with Gasteiger partial charge in [-0.05, 0) is 67.5 Å². The first-order valence-electron chi connectivity index (χ1n) is 7.81. The number of halogens is 3. The number of aromatic nitrogens is 1. The SMILES string of the molecule is Cc1ccc(-c2nc3cc(NC(=S)NC(=O)C(Cl)(Cl)Cl)ccc3o2)cc1C. The van der Waals surface area contributed by atoms with Gasteiger partial charge in [-0.3, -0.25) is 10.1 Å². The molecule has 2 aromatic carbocycles. The van der Waals surface area contributed by atoms with Gasteiger partial charge in [-0.2, -0.15) is 0 Å². The Kier molecular flexibility index (Phi) is 5.63. The lowest BCUT2D eigenvalue weighted by molar-refractivity contribution is -0.118. The molecule has 140 valence electrons. The monoisotopic (exact) mass is 441 g/mol. The van der Waals surface area contributed by atoms with Crippen molar-refractivity contribution in [1.29, 1.82) is 0 Å². The Bertz CT molecular complexity index is 1040. The summed E-state index contributed by atoms with van der Waals surface area (Å²) in [6, 6.07) is 11.3. The van der Waals surface area contributed by atoms with Gasteiger partial charge in [0.05, 0.1) is 0 Å². The van der Waals surface area contributed by atoms with Crippen LogP contribution in [0.1, 0.15) is 11.1 Å². The molecular weight excluding hydrogens is 429 g/mol. The molecule has 5 nitrogen and oxygen atoms in total. The molecule has 0 saturated carbocycles. The highest BCUT2D eigenvalue weighted by Gasteiger charge is 2.31. The van der Waals surface area contributed by atoms with Crippen LogP contribution >= 0.6 is 47.0 Å². The van der Waals surface area contributed by atoms with E-state index in [0.717, 1.165) is 11.1 Å². The largest absolute Gasteiger partial charge is 0.436 e. The second-order valence-electron chi connectivity index (χ2n) is 5.91. The molecule has 3 rings (SSSR count). The van der Waals surface area contributed by atoms with Crippen molar-refractivity contribution in [2.24, 2.45) is 0 Å². The highest BCUT2D eigenvalue weighted by molar-refractivity contribution is 7.80. The predicted molar refractivity (Wildman–Crippen MR) is 114 cm³/mol. The minimum absolute atomic E-state index is 0.00329. The van der Waals surface area contributed by atoms with E-state index in [2.05, 4.69) is 15.6 Å². The number of rotatable bonds is 2. The van der Waals surface area contributed by atoms with E-state index >= 15 is 0 Å². The number of carbonyl (C=O) groups is 1. The van der Waals surface area contributed by atoms with Crippen molar-refractivity contribution in [3.8, 4) is 11.5 Å². The van der Waals surface area contributed by atoms with Gasteiger partial charge in [-0.25, -0.2) is 4.98 Å². The number of nitrogens with one attached hydrogen (secondary N) is 2. The van der Waals surface area contributed by atoms with Crippen molar-refractivity contribution in [3.63, 3.8) is 0 Å². The summed E-state index contributed by atoms with van der Waals surface area (Å²) in [6.45, 7) is 4.09. The number of hydrogen-bond acceptors (Lipinski definition) is 4. The summed E-state index contributed by atoms with van der Waals surface area (Å²) in [5.41, 5.74) is 5.14. The first-order valence-corrected chi connectivity index (χ1v) is 9.35. The molecule has 0 bridgehead atoms. The van der Waals surface area contributed by atoms with E-state index in [1.807, 2.05) is 32.0 Å². The summed E-state index contributed by atoms with van der Waals surface area (Å²) in [7, 11) is 0. The number of alkyl halides is 3. The summed E-state index contributed by atoms with van der Waals surface area (Å²) < 4.78 is 3.73. The number of hydrogen-bond donors (Lipinski definition) is 2. The standard InChI is InChI=1S/C18H14Cl3N3O2S/c1-9-3-4-11(7-10(9)2)15-23-13-8-12(5-6-14(13)26-15)22-17(27)24-16(25)18(19,20)21/h3-8H,1-2H3,(H2,22,24,25,27). The molecule has 0 radical (unpaired) electrons. The average molecular weight is 443 g/mol. The number of nitrogens with zero attached hydrogens (tertiary/aromatic N) is 1. The third-order valence-corrected chi connectivity index (χ3v) is 4.60. The maximum absolute atomic E-state index is 11.6. The van der Waals surface area contributed by atoms with Crippen molar-refractivity contribution < 1.29 is 9.21 Å². The highest BCUT2D eigenvalue weighted by atomic mass is 35.6. The zero-order valence-corrected chi connectivity index (χ0v) is 17.4. The molecule has 1 amide bonds. The van der Waals surface area contributed by atoms with Gasteiger partial charge in [0.2, 0.25) is 5.89 Å². The molecule has 0 fully saturated rings. The number of benzene rings is 2. The molecule has 1 aromatic heterocycles. The lowest BCUT2D eigenvalue weighted by Crippen LogP contribution is -2.41. The molecule has 0 atom stereocenters. The van der Waals surface area contributed by atoms with Crippen LogP contribution in [0.4, 0.5) is 5.69 Å². The van der Waals surface area contributed by atoms with Gasteiger partial charge >= 0.3 is 0 Å². The summed E-state index contributed by atoms with van der Waals surface area (Å²) >= 11 is 21.5. The molecule has 3 aromatic rings. The number of carbonyl (C=O) groups excluding carboxylic acids is 1. The van der Waals surface area contributed by atoms with Crippen molar-refractivity contribution in [2.75, 3.05) is 5.32 Å². The van der Waals surface area contributed by atoms with Gasteiger partial charge in [-0.15, -0.1) is 0 Å². The maximum atomic E-state index is 11.6. The summed E-state index contributed by atoms with van der Waals surface area (Å²) in [5.74, 6) is -0.318. The molecule has 1 heterocycles. The Morgan fingerprint density at radius 2 is 1.85 bits per heavy atom. The second kappa shape index (κ2) is 7.64. The average Bonchev–Trinajstić information content (AvgIpc) is 2.99. The predicted octanol–water partition coefficient (Wildman–Crippen LogP) is 5.29. The maximum Gasteiger partial charge on any atom is 0.278 e. The summed E-state index contributed by atoms with van der Waals surface area (Å²) in [6.07, 6.45) is 0. The van der Waals surface area contributed by atoms with Crippen LogP contribution in [0.2, 0.25) is 0 Å². The molecule has 2 N–H and O–H groups in total. The van der Waals surface area contributed by atoms with E-state index in [1.54, 1.807) is 18.2 Å². The Morgan fingerprint density at radius 3 is 2.52 bits per heavy atom. The van der Waals surface area contributed by atoms with Crippen LogP contribution in [0.5, 0.6) is 0 Å². The summed E-state index contributed by atoms with van der Waals surface area (Å²) in [5, 5.41) is 5.15. The number of thiocarbonyl (C=S) groups is 1. The van der Waals surface area contributed by atoms with Gasteiger partial charge < -0.3 is 9.73 Å². The third kappa shape index (κ3) is 4.71. The number of oxazole rings is 1. The van der Waals surface area contributed by atoms with Crippen LogP contribution in [0.15, 0.2) is 40.8 Å². The van der Waals surface area contributed by atoms with E-state index in [-0.39, 0.29) is 5.11 Å². The van der Waals surface area contributed by atoms with Crippen LogP contribution in [0.3, 0.4) is 0 Å². The Hall–Kier alpha value is -1.86. The molecule has 0 aliphatic heterocycles. The van der Waals surface area contributed by atoms with Gasteiger partial charge in [0.25, 0.3) is 9.70 Å². The van der Waals surface area contributed by atoms with E-state index in [1.165, 1.54) is 5.56 Å². The normalized spacial score (nSPS) is 11.4. The van der Waals surface area contributed by atoms with Crippen LogP contribution in [0, 0.1) is 13.8 Å². The number of amides is 1. The minimum Gasteiger partial charge on any atom is -0.436 e. The fourth-order valence-electron chi connectivity index (χ4n) is 2.34. The van der Waals surface area contributed by atoms with Gasteiger partial charge in [-0.1, -0.05) is 40.9 Å². The van der Waals surface area contributed by atoms with Gasteiger partial charge in [0.1, 0.15) is 5.52 Å². The fourth-order valence-corrected chi connectivity index (χ4v) is 2.69. The van der Waals surface area contributed by atoms with E-state index in [4.69, 9.17) is 51.4 Å². The third-order valence-electron chi connectivity index (χ3n) is 3.88. The lowest BCUT2D eigenvalue weighted by Gasteiger charge is -2.13. The van der Waals surface area contributed by atoms with Crippen molar-refractivity contribution >= 4 is 74.8 Å². The van der Waals surface area contributed by atoms with Crippen molar-refractivity contribution in [3.05, 3.63) is 47.5 Å². The molecular formula is C18H14Cl3N3O2S. The lowest BCUT2D eigenvalue weighted by atomic mass is 10.1. The molecule has 9 heteroatoms. The highest BCUT2D eigenvalue weighted by Crippen LogP contribution is 2.28. The first kappa shape index (κ1) is 19.9. The quantitative estimate of drug-likeness (QED) is 0.417. The molecule has 0 aliphatic rings. The fraction of sp³-hybridized carbons (Fsp3) is 0.167. The van der Waals surface area contributed by atoms with E-state index in [9.17, 15) is 4.79 Å². The smallest absolute Gasteiger partial charge is 0.278 e.